The van der Waals surface area contributed by atoms with Crippen LogP contribution in [0.1, 0.15) is 22.7 Å². The summed E-state index contributed by atoms with van der Waals surface area (Å²) in [5.41, 5.74) is 5.42. The average molecular weight is 442 g/mol. The van der Waals surface area contributed by atoms with Crippen molar-refractivity contribution in [1.29, 1.82) is 5.41 Å². The van der Waals surface area contributed by atoms with E-state index in [0.29, 0.717) is 29.1 Å². The van der Waals surface area contributed by atoms with Crippen LogP contribution in [0.5, 0.6) is 0 Å². The molecule has 2 N–H and O–H groups in total. The Morgan fingerprint density at radius 3 is 2.78 bits per heavy atom. The fraction of sp³-hybridized carbons (Fsp3) is 0.381. The molecule has 32 heavy (non-hydrogen) atoms. The number of oxazole rings is 1. The SMILES string of the molecule is Cc1ncnc(N2CCN(Cc3nc4ccc(C(=N)/C=N\NC(F)F)cc4o3)CC2)c1C. The van der Waals surface area contributed by atoms with Gasteiger partial charge in [0.05, 0.1) is 18.5 Å². The number of nitrogens with zero attached hydrogens (tertiary/aromatic N) is 6. The number of piperazine rings is 1. The summed E-state index contributed by atoms with van der Waals surface area (Å²) in [6.07, 6.45) is 2.64. The van der Waals surface area contributed by atoms with Gasteiger partial charge >= 0.3 is 6.55 Å². The van der Waals surface area contributed by atoms with Gasteiger partial charge in [-0.15, -0.1) is 0 Å². The van der Waals surface area contributed by atoms with E-state index in [4.69, 9.17) is 9.83 Å². The fourth-order valence-corrected chi connectivity index (χ4v) is 3.59. The zero-order chi connectivity index (χ0) is 22.7. The number of nitrogens with one attached hydrogen (secondary N) is 2. The van der Waals surface area contributed by atoms with Gasteiger partial charge < -0.3 is 9.32 Å². The van der Waals surface area contributed by atoms with E-state index in [0.717, 1.165) is 49.5 Å². The number of hydrogen-bond acceptors (Lipinski definition) is 9. The number of aryl methyl sites for hydroxylation is 1. The second-order valence-electron chi connectivity index (χ2n) is 7.56. The molecule has 0 aliphatic carbocycles. The number of rotatable bonds is 7. The van der Waals surface area contributed by atoms with Crippen molar-refractivity contribution < 1.29 is 13.2 Å². The maximum atomic E-state index is 12.1. The normalized spacial score (nSPS) is 15.2. The zero-order valence-electron chi connectivity index (χ0n) is 17.8. The molecule has 1 aromatic carbocycles. The van der Waals surface area contributed by atoms with E-state index in [9.17, 15) is 8.78 Å². The number of hydrazone groups is 1. The predicted octanol–water partition coefficient (Wildman–Crippen LogP) is 2.72. The number of fused-ring (bicyclic) bond motifs is 1. The van der Waals surface area contributed by atoms with E-state index < -0.39 is 6.55 Å². The second kappa shape index (κ2) is 9.35. The third-order valence-electron chi connectivity index (χ3n) is 5.45. The van der Waals surface area contributed by atoms with Gasteiger partial charge in [0.2, 0.25) is 5.89 Å². The molecule has 0 saturated carbocycles. The van der Waals surface area contributed by atoms with Crippen LogP contribution in [0.2, 0.25) is 0 Å². The number of aromatic nitrogens is 3. The van der Waals surface area contributed by atoms with Crippen molar-refractivity contribution in [3.63, 3.8) is 0 Å². The molecule has 3 heterocycles. The molecule has 0 bridgehead atoms. The van der Waals surface area contributed by atoms with Crippen LogP contribution in [0.15, 0.2) is 34.0 Å². The van der Waals surface area contributed by atoms with E-state index in [2.05, 4.69) is 29.9 Å². The van der Waals surface area contributed by atoms with Crippen LogP contribution in [0.25, 0.3) is 11.1 Å². The summed E-state index contributed by atoms with van der Waals surface area (Å²) in [6, 6.07) is 5.11. The zero-order valence-corrected chi connectivity index (χ0v) is 17.8. The van der Waals surface area contributed by atoms with Crippen molar-refractivity contribution in [2.24, 2.45) is 5.10 Å². The second-order valence-corrected chi connectivity index (χ2v) is 7.56. The minimum Gasteiger partial charge on any atom is -0.439 e. The van der Waals surface area contributed by atoms with E-state index in [1.54, 1.807) is 30.0 Å². The van der Waals surface area contributed by atoms with Crippen LogP contribution in [0, 0.1) is 19.3 Å². The molecule has 1 aliphatic rings. The molecule has 11 heteroatoms. The number of hydrogen-bond donors (Lipinski definition) is 2. The van der Waals surface area contributed by atoms with Gasteiger partial charge in [-0.25, -0.2) is 15.0 Å². The number of alkyl halides is 2. The summed E-state index contributed by atoms with van der Waals surface area (Å²) in [5, 5.41) is 11.3. The highest BCUT2D eigenvalue weighted by atomic mass is 19.3. The maximum Gasteiger partial charge on any atom is 0.327 e. The first-order chi connectivity index (χ1) is 15.4. The summed E-state index contributed by atoms with van der Waals surface area (Å²) < 4.78 is 30.1. The minimum atomic E-state index is -2.77. The molecule has 1 saturated heterocycles. The lowest BCUT2D eigenvalue weighted by Crippen LogP contribution is -2.46. The van der Waals surface area contributed by atoms with E-state index in [-0.39, 0.29) is 5.71 Å². The summed E-state index contributed by atoms with van der Waals surface area (Å²) in [5.74, 6) is 1.58. The molecule has 168 valence electrons. The van der Waals surface area contributed by atoms with Crippen molar-refractivity contribution >= 4 is 28.8 Å². The molecular weight excluding hydrogens is 418 g/mol. The van der Waals surface area contributed by atoms with Crippen LogP contribution in [-0.4, -0.2) is 64.5 Å². The minimum absolute atomic E-state index is 0.00984. The largest absolute Gasteiger partial charge is 0.439 e. The summed E-state index contributed by atoms with van der Waals surface area (Å²) in [6.45, 7) is 5.26. The third kappa shape index (κ3) is 4.88. The average Bonchev–Trinajstić information content (AvgIpc) is 3.17. The first kappa shape index (κ1) is 21.8. The van der Waals surface area contributed by atoms with Crippen LogP contribution in [0.3, 0.4) is 0 Å². The highest BCUT2D eigenvalue weighted by molar-refractivity contribution is 6.37. The molecule has 2 aromatic heterocycles. The topological polar surface area (TPSA) is 107 Å². The summed E-state index contributed by atoms with van der Waals surface area (Å²) >= 11 is 0. The molecule has 4 rings (SSSR count). The number of halogens is 2. The Morgan fingerprint density at radius 1 is 1.25 bits per heavy atom. The Labute approximate surface area is 183 Å². The van der Waals surface area contributed by atoms with Crippen molar-refractivity contribution in [2.75, 3.05) is 31.1 Å². The first-order valence-electron chi connectivity index (χ1n) is 10.2. The maximum absolute atomic E-state index is 12.1. The molecule has 0 atom stereocenters. The van der Waals surface area contributed by atoms with Crippen molar-refractivity contribution in [1.82, 2.24) is 25.3 Å². The van der Waals surface area contributed by atoms with Gasteiger partial charge in [0.1, 0.15) is 17.7 Å². The summed E-state index contributed by atoms with van der Waals surface area (Å²) in [4.78, 5) is 17.8. The van der Waals surface area contributed by atoms with Gasteiger partial charge in [0, 0.05) is 43.0 Å². The highest BCUT2D eigenvalue weighted by Crippen LogP contribution is 2.22. The smallest absolute Gasteiger partial charge is 0.327 e. The van der Waals surface area contributed by atoms with Crippen molar-refractivity contribution in [3.05, 3.63) is 47.2 Å². The number of benzene rings is 1. The van der Waals surface area contributed by atoms with Gasteiger partial charge in [0.15, 0.2) is 5.58 Å². The van der Waals surface area contributed by atoms with Gasteiger partial charge in [-0.1, -0.05) is 6.07 Å². The third-order valence-corrected chi connectivity index (χ3v) is 5.45. The van der Waals surface area contributed by atoms with Crippen LogP contribution < -0.4 is 10.3 Å². The number of anilines is 1. The molecule has 0 unspecified atom stereocenters. The molecule has 0 radical (unpaired) electrons. The first-order valence-corrected chi connectivity index (χ1v) is 10.2. The fourth-order valence-electron chi connectivity index (χ4n) is 3.59. The lowest BCUT2D eigenvalue weighted by atomic mass is 10.1. The van der Waals surface area contributed by atoms with Gasteiger partial charge in [-0.2, -0.15) is 13.9 Å². The molecule has 0 amide bonds. The summed E-state index contributed by atoms with van der Waals surface area (Å²) in [7, 11) is 0. The molecular formula is C21H24F2N8O. The molecule has 1 aliphatic heterocycles. The van der Waals surface area contributed by atoms with Crippen LogP contribution in [-0.2, 0) is 6.54 Å². The van der Waals surface area contributed by atoms with Gasteiger partial charge in [-0.3, -0.25) is 15.7 Å². The van der Waals surface area contributed by atoms with Crippen LogP contribution in [0.4, 0.5) is 14.6 Å². The van der Waals surface area contributed by atoms with E-state index in [1.165, 1.54) is 0 Å². The predicted molar refractivity (Wildman–Crippen MR) is 117 cm³/mol. The van der Waals surface area contributed by atoms with E-state index in [1.807, 2.05) is 13.8 Å². The van der Waals surface area contributed by atoms with E-state index >= 15 is 0 Å². The monoisotopic (exact) mass is 442 g/mol. The Bertz CT molecular complexity index is 1140. The van der Waals surface area contributed by atoms with Crippen LogP contribution >= 0.6 is 0 Å². The molecule has 3 aromatic rings. The Kier molecular flexibility index (Phi) is 6.35. The lowest BCUT2D eigenvalue weighted by molar-refractivity contribution is 0.110. The molecule has 1 fully saturated rings. The van der Waals surface area contributed by atoms with Gasteiger partial charge in [-0.05, 0) is 26.0 Å². The Balaban J connectivity index is 1.38. The Hall–Kier alpha value is -3.47. The van der Waals surface area contributed by atoms with Crippen molar-refractivity contribution in [2.45, 2.75) is 26.9 Å². The Morgan fingerprint density at radius 2 is 2.03 bits per heavy atom. The van der Waals surface area contributed by atoms with Gasteiger partial charge in [0.25, 0.3) is 0 Å². The molecule has 9 nitrogen and oxygen atoms in total. The highest BCUT2D eigenvalue weighted by Gasteiger charge is 2.21. The quantitative estimate of drug-likeness (QED) is 0.329. The molecule has 0 spiro atoms. The standard InChI is InChI=1S/C21H24F2N8O/c1-13-14(2)25-12-26-20(13)31-7-5-30(6-8-31)11-19-28-17-4-3-15(9-18(17)32-19)16(24)10-27-29-21(22)23/h3-4,9-10,12,21,24,29H,5-8,11H2,1-2H3/b24-16?,27-10-. The lowest BCUT2D eigenvalue weighted by Gasteiger charge is -2.35. The van der Waals surface area contributed by atoms with Crippen molar-refractivity contribution in [3.8, 4) is 0 Å².